The third kappa shape index (κ3) is 5.14. The van der Waals surface area contributed by atoms with Crippen molar-refractivity contribution >= 4 is 28.2 Å². The molecule has 1 N–H and O–H groups in total. The predicted molar refractivity (Wildman–Crippen MR) is 45.8 cm³/mol. The minimum Gasteiger partial charge on any atom is -0.480 e. The number of rotatable bonds is 5. The van der Waals surface area contributed by atoms with Crippen molar-refractivity contribution in [1.82, 2.24) is 0 Å². The van der Waals surface area contributed by atoms with Gasteiger partial charge in [-0.05, 0) is 18.4 Å². The molecule has 0 aromatic carbocycles. The van der Waals surface area contributed by atoms with E-state index in [4.69, 9.17) is 5.11 Å². The number of carboxylic acids is 1. The molecule has 5 nitrogen and oxygen atoms in total. The zero-order valence-electron chi connectivity index (χ0n) is 6.43. The van der Waals surface area contributed by atoms with Crippen molar-refractivity contribution in [1.29, 1.82) is 0 Å². The Morgan fingerprint density at radius 1 is 1.67 bits per heavy atom. The lowest BCUT2D eigenvalue weighted by Crippen LogP contribution is -2.18. The first-order chi connectivity index (χ1) is 5.57. The molecule has 1 atom stereocenters. The molecule has 0 fully saturated rings. The second-order valence-corrected chi connectivity index (χ2v) is 3.59. The van der Waals surface area contributed by atoms with E-state index in [1.54, 1.807) is 0 Å². The van der Waals surface area contributed by atoms with Gasteiger partial charge in [-0.25, -0.2) is 4.79 Å². The van der Waals surface area contributed by atoms with Crippen molar-refractivity contribution in [3.63, 3.8) is 0 Å². The molecular weight excluding hydrogens is 202 g/mol. The minimum absolute atomic E-state index is 0.241. The zero-order chi connectivity index (χ0) is 9.56. The Kier molecular flexibility index (Phi) is 5.73. The standard InChI is InChI=1S/C5H9NO4S2/c1-11-3-2-4(5(7)8)6-12(9)10/h4H,2-3H2,1H3,(H,7,8). The van der Waals surface area contributed by atoms with Crippen LogP contribution < -0.4 is 0 Å². The third-order valence-corrected chi connectivity index (χ3v) is 2.16. The molecule has 0 aliphatic heterocycles. The van der Waals surface area contributed by atoms with Crippen LogP contribution in [0.3, 0.4) is 0 Å². The van der Waals surface area contributed by atoms with Gasteiger partial charge in [0.05, 0.1) is 0 Å². The first-order valence-corrected chi connectivity index (χ1v) is 5.52. The molecule has 70 valence electrons. The van der Waals surface area contributed by atoms with E-state index >= 15 is 0 Å². The van der Waals surface area contributed by atoms with Crippen LogP contribution in [-0.4, -0.2) is 37.5 Å². The molecule has 0 bridgehead atoms. The Morgan fingerprint density at radius 3 is 2.58 bits per heavy atom. The summed E-state index contributed by atoms with van der Waals surface area (Å²) < 4.78 is 23.1. The lowest BCUT2D eigenvalue weighted by atomic mass is 10.2. The Morgan fingerprint density at radius 2 is 2.25 bits per heavy atom. The van der Waals surface area contributed by atoms with E-state index in [0.717, 1.165) is 0 Å². The van der Waals surface area contributed by atoms with Crippen LogP contribution >= 0.6 is 11.8 Å². The molecule has 12 heavy (non-hydrogen) atoms. The Balaban J connectivity index is 4.25. The van der Waals surface area contributed by atoms with E-state index in [-0.39, 0.29) is 6.42 Å². The molecule has 0 aliphatic carbocycles. The second-order valence-electron chi connectivity index (χ2n) is 1.96. The maximum atomic E-state index is 10.4. The first-order valence-electron chi connectivity index (χ1n) is 3.10. The maximum absolute atomic E-state index is 10.4. The van der Waals surface area contributed by atoms with Crippen LogP contribution in [0.25, 0.3) is 0 Å². The van der Waals surface area contributed by atoms with E-state index in [0.29, 0.717) is 5.75 Å². The fourth-order valence-corrected chi connectivity index (χ4v) is 1.42. The fraction of sp³-hybridized carbons (Fsp3) is 0.800. The molecule has 7 heteroatoms. The lowest BCUT2D eigenvalue weighted by Gasteiger charge is -2.01. The number of thioether (sulfide) groups is 1. The van der Waals surface area contributed by atoms with Gasteiger partial charge in [-0.15, -0.1) is 0 Å². The third-order valence-electron chi connectivity index (χ3n) is 1.09. The summed E-state index contributed by atoms with van der Waals surface area (Å²) in [5.74, 6) is -0.620. The first kappa shape index (κ1) is 11.4. The van der Waals surface area contributed by atoms with Gasteiger partial charge in [0.2, 0.25) is 0 Å². The van der Waals surface area contributed by atoms with Crippen LogP contribution in [-0.2, 0) is 15.3 Å². The zero-order valence-corrected chi connectivity index (χ0v) is 8.06. The van der Waals surface area contributed by atoms with Crippen molar-refractivity contribution in [2.75, 3.05) is 12.0 Å². The molecule has 1 unspecified atom stereocenters. The average Bonchev–Trinajstić information content (AvgIpc) is 1.96. The topological polar surface area (TPSA) is 83.8 Å². The molecule has 0 amide bonds. The number of hydrogen-bond donors (Lipinski definition) is 1. The van der Waals surface area contributed by atoms with Gasteiger partial charge in [0.15, 0.2) is 6.04 Å². The maximum Gasteiger partial charge on any atom is 0.329 e. The van der Waals surface area contributed by atoms with Gasteiger partial charge < -0.3 is 5.11 Å². The highest BCUT2D eigenvalue weighted by atomic mass is 32.2. The fourth-order valence-electron chi connectivity index (χ4n) is 0.555. The van der Waals surface area contributed by atoms with E-state index in [1.165, 1.54) is 11.8 Å². The van der Waals surface area contributed by atoms with Crippen LogP contribution in [0.2, 0.25) is 0 Å². The van der Waals surface area contributed by atoms with Crippen LogP contribution in [0.5, 0.6) is 0 Å². The lowest BCUT2D eigenvalue weighted by molar-refractivity contribution is -0.138. The second kappa shape index (κ2) is 6.01. The van der Waals surface area contributed by atoms with Crippen LogP contribution in [0, 0.1) is 0 Å². The Bertz CT molecular complexity index is 263. The number of carboxylic acid groups (broad SMARTS) is 1. The SMILES string of the molecule is CSCCC(N=S(=O)=O)C(=O)O. The largest absolute Gasteiger partial charge is 0.480 e. The molecule has 0 aromatic heterocycles. The smallest absolute Gasteiger partial charge is 0.329 e. The van der Waals surface area contributed by atoms with E-state index in [1.807, 2.05) is 6.26 Å². The molecule has 0 spiro atoms. The van der Waals surface area contributed by atoms with Gasteiger partial charge in [-0.3, -0.25) is 0 Å². The number of nitrogens with zero attached hydrogens (tertiary/aromatic N) is 1. The van der Waals surface area contributed by atoms with Gasteiger partial charge in [0, 0.05) is 0 Å². The molecule has 0 aliphatic rings. The van der Waals surface area contributed by atoms with Crippen molar-refractivity contribution < 1.29 is 18.3 Å². The number of carbonyl (C=O) groups is 1. The Labute approximate surface area is 75.9 Å². The summed E-state index contributed by atoms with van der Waals surface area (Å²) in [7, 11) is -2.63. The van der Waals surface area contributed by atoms with Crippen LogP contribution in [0.15, 0.2) is 4.36 Å². The van der Waals surface area contributed by atoms with Crippen LogP contribution in [0.1, 0.15) is 6.42 Å². The van der Waals surface area contributed by atoms with E-state index in [9.17, 15) is 13.2 Å². The molecular formula is C5H9NO4S2. The minimum atomic E-state index is -2.63. The normalized spacial score (nSPS) is 12.1. The van der Waals surface area contributed by atoms with Gasteiger partial charge >= 0.3 is 16.5 Å². The van der Waals surface area contributed by atoms with Gasteiger partial charge in [0.25, 0.3) is 0 Å². The molecule has 0 heterocycles. The van der Waals surface area contributed by atoms with Crippen molar-refractivity contribution in [2.45, 2.75) is 12.5 Å². The van der Waals surface area contributed by atoms with Gasteiger partial charge in [0.1, 0.15) is 0 Å². The number of hydrogen-bond acceptors (Lipinski definition) is 5. The quantitative estimate of drug-likeness (QED) is 0.705. The van der Waals surface area contributed by atoms with Crippen molar-refractivity contribution in [3.8, 4) is 0 Å². The summed E-state index contributed by atoms with van der Waals surface area (Å²) in [6.07, 6.45) is 2.05. The average molecular weight is 211 g/mol. The van der Waals surface area contributed by atoms with E-state index < -0.39 is 22.5 Å². The van der Waals surface area contributed by atoms with Crippen molar-refractivity contribution in [2.24, 2.45) is 4.36 Å². The van der Waals surface area contributed by atoms with Crippen LogP contribution in [0.4, 0.5) is 0 Å². The predicted octanol–water partition coefficient (Wildman–Crippen LogP) is 0.255. The molecule has 0 saturated heterocycles. The summed E-state index contributed by atoms with van der Waals surface area (Å²) in [5, 5.41) is 8.47. The van der Waals surface area contributed by atoms with E-state index in [2.05, 4.69) is 4.36 Å². The summed E-state index contributed by atoms with van der Waals surface area (Å²) in [6.45, 7) is 0. The number of aliphatic carboxylic acids is 1. The highest BCUT2D eigenvalue weighted by Crippen LogP contribution is 2.04. The summed E-state index contributed by atoms with van der Waals surface area (Å²) in [5.41, 5.74) is 0. The Hall–Kier alpha value is -0.560. The highest BCUT2D eigenvalue weighted by molar-refractivity contribution is 7.98. The highest BCUT2D eigenvalue weighted by Gasteiger charge is 2.15. The molecule has 0 saturated carbocycles. The van der Waals surface area contributed by atoms with Crippen molar-refractivity contribution in [3.05, 3.63) is 0 Å². The van der Waals surface area contributed by atoms with Gasteiger partial charge in [-0.2, -0.15) is 24.5 Å². The molecule has 0 rings (SSSR count). The molecule has 0 radical (unpaired) electrons. The summed E-state index contributed by atoms with van der Waals surface area (Å²) in [6, 6.07) is -1.13. The monoisotopic (exact) mass is 211 g/mol. The summed E-state index contributed by atoms with van der Waals surface area (Å²) in [4.78, 5) is 10.4. The van der Waals surface area contributed by atoms with Gasteiger partial charge in [-0.1, -0.05) is 0 Å². The molecule has 0 aromatic rings. The summed E-state index contributed by atoms with van der Waals surface area (Å²) >= 11 is 1.45.